The predicted molar refractivity (Wildman–Crippen MR) is 125 cm³/mol. The molecule has 2 aliphatic rings. The molecule has 1 saturated carbocycles. The molecule has 6 nitrogen and oxygen atoms in total. The minimum absolute atomic E-state index is 0.350. The van der Waals surface area contributed by atoms with Gasteiger partial charge in [-0.1, -0.05) is 31.7 Å². The highest BCUT2D eigenvalue weighted by Gasteiger charge is 2.33. The highest BCUT2D eigenvalue weighted by atomic mass is 16.5. The third-order valence-corrected chi connectivity index (χ3v) is 6.70. The molecule has 0 atom stereocenters. The highest BCUT2D eigenvalue weighted by molar-refractivity contribution is 5.79. The van der Waals surface area contributed by atoms with Crippen molar-refractivity contribution in [2.45, 2.75) is 71.3 Å². The molecule has 1 aliphatic heterocycles. The number of aliphatic imine (C=N–C) groups is 1. The van der Waals surface area contributed by atoms with E-state index in [1.807, 2.05) is 13.2 Å². The van der Waals surface area contributed by atoms with Gasteiger partial charge in [-0.25, -0.2) is 4.98 Å². The van der Waals surface area contributed by atoms with Gasteiger partial charge in [0.15, 0.2) is 5.96 Å². The number of ether oxygens (including phenoxy) is 1. The lowest BCUT2D eigenvalue weighted by atomic mass is 9.83. The maximum absolute atomic E-state index is 5.64. The second-order valence-electron chi connectivity index (χ2n) is 8.86. The van der Waals surface area contributed by atoms with Crippen molar-refractivity contribution in [3.05, 3.63) is 23.9 Å². The average molecular weight is 416 g/mol. The van der Waals surface area contributed by atoms with Crippen LogP contribution in [0.1, 0.15) is 70.3 Å². The lowest BCUT2D eigenvalue weighted by molar-refractivity contribution is 0.105. The van der Waals surface area contributed by atoms with E-state index >= 15 is 0 Å². The standard InChI is InChI=1S/C24H41N5O/c1-3-30-17-14-24(12-6-7-13-24)20-28-23(25-2)27-19-21-10-11-22(26-18-21)29-15-8-4-5-9-16-29/h10-11,18H,3-9,12-17,19-20H2,1-2H3,(H2,25,27,28). The topological polar surface area (TPSA) is 61.8 Å². The van der Waals surface area contributed by atoms with Gasteiger partial charge in [-0.15, -0.1) is 0 Å². The molecule has 6 heteroatoms. The molecule has 3 rings (SSSR count). The number of nitrogens with one attached hydrogen (secondary N) is 2. The van der Waals surface area contributed by atoms with Crippen LogP contribution in [0.3, 0.4) is 0 Å². The zero-order valence-electron chi connectivity index (χ0n) is 19.1. The van der Waals surface area contributed by atoms with Crippen LogP contribution < -0.4 is 15.5 Å². The molecule has 2 fully saturated rings. The van der Waals surface area contributed by atoms with Crippen LogP contribution in [0, 0.1) is 5.41 Å². The Bertz CT molecular complexity index is 632. The number of hydrogen-bond donors (Lipinski definition) is 2. The van der Waals surface area contributed by atoms with E-state index in [0.29, 0.717) is 5.41 Å². The van der Waals surface area contributed by atoms with Crippen molar-refractivity contribution in [3.8, 4) is 0 Å². The summed E-state index contributed by atoms with van der Waals surface area (Å²) in [6.45, 7) is 7.69. The Morgan fingerprint density at radius 1 is 1.10 bits per heavy atom. The van der Waals surface area contributed by atoms with E-state index in [-0.39, 0.29) is 0 Å². The lowest BCUT2D eigenvalue weighted by Gasteiger charge is -2.30. The first-order chi connectivity index (χ1) is 14.7. The Kier molecular flexibility index (Phi) is 9.25. The summed E-state index contributed by atoms with van der Waals surface area (Å²) in [6, 6.07) is 4.35. The van der Waals surface area contributed by atoms with Gasteiger partial charge in [-0.2, -0.15) is 0 Å². The Labute approximate surface area is 182 Å². The van der Waals surface area contributed by atoms with Gasteiger partial charge in [-0.3, -0.25) is 4.99 Å². The van der Waals surface area contributed by atoms with Gasteiger partial charge >= 0.3 is 0 Å². The van der Waals surface area contributed by atoms with E-state index in [9.17, 15) is 0 Å². The van der Waals surface area contributed by atoms with Crippen molar-refractivity contribution in [1.29, 1.82) is 0 Å². The number of rotatable bonds is 9. The first kappa shape index (κ1) is 22.9. The number of aromatic nitrogens is 1. The molecular formula is C24H41N5O. The Morgan fingerprint density at radius 3 is 2.50 bits per heavy atom. The molecule has 0 unspecified atom stereocenters. The molecular weight excluding hydrogens is 374 g/mol. The summed E-state index contributed by atoms with van der Waals surface area (Å²) in [5, 5.41) is 7.03. The van der Waals surface area contributed by atoms with Crippen molar-refractivity contribution in [2.24, 2.45) is 10.4 Å². The van der Waals surface area contributed by atoms with E-state index in [1.165, 1.54) is 56.9 Å². The number of hydrogen-bond acceptors (Lipinski definition) is 4. The van der Waals surface area contributed by atoms with Crippen LogP contribution in [-0.2, 0) is 11.3 Å². The predicted octanol–water partition coefficient (Wildman–Crippen LogP) is 4.11. The third-order valence-electron chi connectivity index (χ3n) is 6.70. The second-order valence-corrected chi connectivity index (χ2v) is 8.86. The number of guanidine groups is 1. The molecule has 0 bridgehead atoms. The molecule has 1 aromatic rings. The normalized spacial score (nSPS) is 19.5. The number of anilines is 1. The quantitative estimate of drug-likeness (QED) is 0.361. The summed E-state index contributed by atoms with van der Waals surface area (Å²) < 4.78 is 5.64. The molecule has 1 aromatic heterocycles. The van der Waals surface area contributed by atoms with E-state index in [0.717, 1.165) is 57.6 Å². The van der Waals surface area contributed by atoms with E-state index < -0.39 is 0 Å². The van der Waals surface area contributed by atoms with Crippen molar-refractivity contribution < 1.29 is 4.74 Å². The second kappa shape index (κ2) is 12.1. The molecule has 0 radical (unpaired) electrons. The van der Waals surface area contributed by atoms with Crippen LogP contribution in [-0.4, -0.2) is 50.8 Å². The van der Waals surface area contributed by atoms with Gasteiger partial charge in [0.05, 0.1) is 0 Å². The highest BCUT2D eigenvalue weighted by Crippen LogP contribution is 2.40. The van der Waals surface area contributed by atoms with Crippen LogP contribution in [0.5, 0.6) is 0 Å². The minimum Gasteiger partial charge on any atom is -0.382 e. The van der Waals surface area contributed by atoms with Gasteiger partial charge in [0.25, 0.3) is 0 Å². The van der Waals surface area contributed by atoms with Crippen LogP contribution in [0.2, 0.25) is 0 Å². The largest absolute Gasteiger partial charge is 0.382 e. The molecule has 1 aliphatic carbocycles. The zero-order valence-corrected chi connectivity index (χ0v) is 19.1. The van der Waals surface area contributed by atoms with E-state index in [2.05, 4.69) is 39.6 Å². The molecule has 0 aromatic carbocycles. The summed E-state index contributed by atoms with van der Waals surface area (Å²) >= 11 is 0. The van der Waals surface area contributed by atoms with Gasteiger partial charge in [0.1, 0.15) is 5.82 Å². The number of nitrogens with zero attached hydrogens (tertiary/aromatic N) is 3. The molecule has 30 heavy (non-hydrogen) atoms. The monoisotopic (exact) mass is 415 g/mol. The summed E-state index contributed by atoms with van der Waals surface area (Å²) in [4.78, 5) is 11.6. The van der Waals surface area contributed by atoms with E-state index in [4.69, 9.17) is 9.72 Å². The summed E-state index contributed by atoms with van der Waals surface area (Å²) in [5.41, 5.74) is 1.53. The minimum atomic E-state index is 0.350. The molecule has 1 saturated heterocycles. The Hall–Kier alpha value is -1.82. The SMILES string of the molecule is CCOCCC1(CNC(=NC)NCc2ccc(N3CCCCCC3)nc2)CCCC1. The van der Waals surface area contributed by atoms with Crippen molar-refractivity contribution in [2.75, 3.05) is 44.8 Å². The maximum atomic E-state index is 5.64. The smallest absolute Gasteiger partial charge is 0.191 e. The molecule has 2 N–H and O–H groups in total. The Balaban J connectivity index is 1.46. The zero-order chi connectivity index (χ0) is 21.1. The summed E-state index contributed by atoms with van der Waals surface area (Å²) in [7, 11) is 1.84. The average Bonchev–Trinajstić information content (AvgIpc) is 3.07. The molecule has 0 amide bonds. The van der Waals surface area contributed by atoms with Crippen LogP contribution in [0.25, 0.3) is 0 Å². The van der Waals surface area contributed by atoms with Crippen LogP contribution in [0.4, 0.5) is 5.82 Å². The molecule has 0 spiro atoms. The summed E-state index contributed by atoms with van der Waals surface area (Å²) in [6.07, 6.45) is 13.6. The maximum Gasteiger partial charge on any atom is 0.191 e. The van der Waals surface area contributed by atoms with Gasteiger partial charge < -0.3 is 20.3 Å². The lowest BCUT2D eigenvalue weighted by Crippen LogP contribution is -2.43. The fourth-order valence-electron chi connectivity index (χ4n) is 4.76. The Morgan fingerprint density at radius 2 is 1.87 bits per heavy atom. The first-order valence-corrected chi connectivity index (χ1v) is 12.0. The van der Waals surface area contributed by atoms with Crippen LogP contribution >= 0.6 is 0 Å². The van der Waals surface area contributed by atoms with Crippen molar-refractivity contribution in [1.82, 2.24) is 15.6 Å². The van der Waals surface area contributed by atoms with E-state index in [1.54, 1.807) is 0 Å². The molecule has 2 heterocycles. The van der Waals surface area contributed by atoms with Crippen molar-refractivity contribution in [3.63, 3.8) is 0 Å². The summed E-state index contributed by atoms with van der Waals surface area (Å²) in [5.74, 6) is 1.98. The van der Waals surface area contributed by atoms with Gasteiger partial charge in [-0.05, 0) is 56.1 Å². The fraction of sp³-hybridized carbons (Fsp3) is 0.750. The fourth-order valence-corrected chi connectivity index (χ4v) is 4.76. The van der Waals surface area contributed by atoms with Gasteiger partial charge in [0.2, 0.25) is 0 Å². The van der Waals surface area contributed by atoms with Crippen molar-refractivity contribution >= 4 is 11.8 Å². The van der Waals surface area contributed by atoms with Crippen LogP contribution in [0.15, 0.2) is 23.3 Å². The van der Waals surface area contributed by atoms with Gasteiger partial charge in [0, 0.05) is 52.6 Å². The third kappa shape index (κ3) is 6.86. The molecule has 168 valence electrons. The number of pyridine rings is 1. The first-order valence-electron chi connectivity index (χ1n) is 12.0.